The van der Waals surface area contributed by atoms with Gasteiger partial charge in [-0.1, -0.05) is 0 Å². The SMILES string of the molecule is Cc1cc(N2CC3(CCN(c4cnc5c(C)nn(CC(F)F)c5n4)C3)C2)nc(C)n1. The number of anilines is 2. The zero-order chi connectivity index (χ0) is 21.0. The summed E-state index contributed by atoms with van der Waals surface area (Å²) in [5, 5.41) is 4.19. The van der Waals surface area contributed by atoms with Gasteiger partial charge < -0.3 is 9.80 Å². The molecular weight excluding hydrogens is 390 g/mol. The van der Waals surface area contributed by atoms with Gasteiger partial charge in [-0.2, -0.15) is 5.10 Å². The maximum absolute atomic E-state index is 12.9. The highest BCUT2D eigenvalue weighted by Crippen LogP contribution is 2.42. The van der Waals surface area contributed by atoms with Crippen LogP contribution in [0.3, 0.4) is 0 Å². The zero-order valence-electron chi connectivity index (χ0n) is 17.3. The van der Waals surface area contributed by atoms with Crippen LogP contribution >= 0.6 is 0 Å². The molecule has 0 saturated carbocycles. The number of halogens is 2. The first-order valence-corrected chi connectivity index (χ1v) is 10.1. The fraction of sp³-hybridized carbons (Fsp3) is 0.550. The molecule has 0 amide bonds. The number of hydrogen-bond acceptors (Lipinski definition) is 7. The second kappa shape index (κ2) is 6.82. The van der Waals surface area contributed by atoms with Crippen molar-refractivity contribution in [2.24, 2.45) is 5.41 Å². The highest BCUT2D eigenvalue weighted by Gasteiger charge is 2.48. The van der Waals surface area contributed by atoms with Gasteiger partial charge in [-0.15, -0.1) is 0 Å². The smallest absolute Gasteiger partial charge is 0.258 e. The van der Waals surface area contributed by atoms with Crippen molar-refractivity contribution in [2.75, 3.05) is 36.0 Å². The molecule has 2 fully saturated rings. The largest absolute Gasteiger partial charge is 0.355 e. The van der Waals surface area contributed by atoms with Gasteiger partial charge >= 0.3 is 0 Å². The van der Waals surface area contributed by atoms with E-state index >= 15 is 0 Å². The van der Waals surface area contributed by atoms with Crippen LogP contribution in [0.2, 0.25) is 0 Å². The van der Waals surface area contributed by atoms with Gasteiger partial charge in [-0.05, 0) is 27.2 Å². The lowest BCUT2D eigenvalue weighted by molar-refractivity contribution is 0.123. The Morgan fingerprint density at radius 1 is 1.03 bits per heavy atom. The van der Waals surface area contributed by atoms with Crippen molar-refractivity contribution in [3.05, 3.63) is 29.5 Å². The number of fused-ring (bicyclic) bond motifs is 1. The predicted octanol–water partition coefficient (Wildman–Crippen LogP) is 2.52. The van der Waals surface area contributed by atoms with Gasteiger partial charge in [-0.3, -0.25) is 0 Å². The Hall–Kier alpha value is -2.91. The molecule has 0 radical (unpaired) electrons. The molecule has 158 valence electrons. The number of alkyl halides is 2. The third kappa shape index (κ3) is 3.23. The molecule has 0 N–H and O–H groups in total. The molecule has 5 rings (SSSR count). The second-order valence-electron chi connectivity index (χ2n) is 8.50. The molecule has 0 unspecified atom stereocenters. The van der Waals surface area contributed by atoms with Crippen LogP contribution < -0.4 is 9.80 Å². The van der Waals surface area contributed by atoms with Gasteiger partial charge in [0.15, 0.2) is 5.65 Å². The van der Waals surface area contributed by atoms with E-state index in [9.17, 15) is 8.78 Å². The molecule has 2 aliphatic heterocycles. The molecule has 0 atom stereocenters. The van der Waals surface area contributed by atoms with Crippen LogP contribution in [0.25, 0.3) is 11.2 Å². The van der Waals surface area contributed by atoms with E-state index < -0.39 is 13.0 Å². The minimum Gasteiger partial charge on any atom is -0.355 e. The highest BCUT2D eigenvalue weighted by molar-refractivity contribution is 5.75. The summed E-state index contributed by atoms with van der Waals surface area (Å²) in [5.74, 6) is 2.50. The number of nitrogens with zero attached hydrogens (tertiary/aromatic N) is 8. The van der Waals surface area contributed by atoms with E-state index in [2.05, 4.69) is 34.8 Å². The van der Waals surface area contributed by atoms with E-state index in [0.717, 1.165) is 55.8 Å². The molecule has 30 heavy (non-hydrogen) atoms. The van der Waals surface area contributed by atoms with Crippen LogP contribution in [-0.4, -0.2) is 62.3 Å². The third-order valence-corrected chi connectivity index (χ3v) is 6.00. The zero-order valence-corrected chi connectivity index (χ0v) is 17.3. The number of aromatic nitrogens is 6. The maximum atomic E-state index is 12.9. The fourth-order valence-corrected chi connectivity index (χ4v) is 4.67. The van der Waals surface area contributed by atoms with Crippen LogP contribution in [0.15, 0.2) is 12.3 Å². The van der Waals surface area contributed by atoms with E-state index in [1.54, 1.807) is 13.1 Å². The van der Waals surface area contributed by atoms with Gasteiger partial charge in [-0.25, -0.2) is 33.4 Å². The van der Waals surface area contributed by atoms with Crippen LogP contribution in [0, 0.1) is 26.2 Å². The Kier molecular flexibility index (Phi) is 4.33. The van der Waals surface area contributed by atoms with E-state index in [1.165, 1.54) is 4.68 Å². The number of aryl methyl sites for hydroxylation is 3. The van der Waals surface area contributed by atoms with E-state index in [0.29, 0.717) is 16.9 Å². The Labute approximate surface area is 173 Å². The molecule has 0 aliphatic carbocycles. The Morgan fingerprint density at radius 2 is 1.80 bits per heavy atom. The summed E-state index contributed by atoms with van der Waals surface area (Å²) in [4.78, 5) is 22.5. The van der Waals surface area contributed by atoms with Crippen LogP contribution in [0.4, 0.5) is 20.4 Å². The van der Waals surface area contributed by atoms with Crippen molar-refractivity contribution < 1.29 is 8.78 Å². The minimum absolute atomic E-state index is 0.197. The molecule has 10 heteroatoms. The van der Waals surface area contributed by atoms with Gasteiger partial charge in [0.2, 0.25) is 0 Å². The standard InChI is InChI=1S/C20H24F2N8/c1-12-6-16(25-14(3)24-12)29-10-20(11-29)4-5-28(9-20)17-7-23-18-13(2)27-30(8-15(21)22)19(18)26-17/h6-7,15H,4-5,8-11H2,1-3H3. The predicted molar refractivity (Wildman–Crippen MR) is 109 cm³/mol. The highest BCUT2D eigenvalue weighted by atomic mass is 19.3. The third-order valence-electron chi connectivity index (χ3n) is 6.00. The molecule has 2 saturated heterocycles. The van der Waals surface area contributed by atoms with E-state index in [-0.39, 0.29) is 5.41 Å². The summed E-state index contributed by atoms with van der Waals surface area (Å²) in [6, 6.07) is 2.03. The quantitative estimate of drug-likeness (QED) is 0.649. The second-order valence-corrected chi connectivity index (χ2v) is 8.50. The van der Waals surface area contributed by atoms with Gasteiger partial charge in [0.25, 0.3) is 6.43 Å². The summed E-state index contributed by atoms with van der Waals surface area (Å²) in [6.45, 7) is 8.82. The molecule has 3 aromatic heterocycles. The Balaban J connectivity index is 1.33. The first-order valence-electron chi connectivity index (χ1n) is 10.1. The molecule has 0 bridgehead atoms. The molecule has 0 aromatic carbocycles. The van der Waals surface area contributed by atoms with Gasteiger partial charge in [0.1, 0.15) is 29.5 Å². The molecule has 2 aliphatic rings. The number of hydrogen-bond donors (Lipinski definition) is 0. The molecule has 5 heterocycles. The molecular formula is C20H24F2N8. The van der Waals surface area contributed by atoms with E-state index in [4.69, 9.17) is 0 Å². The lowest BCUT2D eigenvalue weighted by Crippen LogP contribution is -2.58. The summed E-state index contributed by atoms with van der Waals surface area (Å²) >= 11 is 0. The topological polar surface area (TPSA) is 75.9 Å². The molecule has 1 spiro atoms. The number of rotatable bonds is 4. The average molecular weight is 414 g/mol. The molecule has 8 nitrogen and oxygen atoms in total. The molecule has 3 aromatic rings. The van der Waals surface area contributed by atoms with Crippen molar-refractivity contribution in [1.82, 2.24) is 29.7 Å². The monoisotopic (exact) mass is 414 g/mol. The van der Waals surface area contributed by atoms with E-state index in [1.807, 2.05) is 19.9 Å². The van der Waals surface area contributed by atoms with Gasteiger partial charge in [0.05, 0.1) is 11.9 Å². The lowest BCUT2D eigenvalue weighted by atomic mass is 9.79. The minimum atomic E-state index is -2.48. The van der Waals surface area contributed by atoms with Crippen molar-refractivity contribution in [3.8, 4) is 0 Å². The summed E-state index contributed by atoms with van der Waals surface area (Å²) in [7, 11) is 0. The van der Waals surface area contributed by atoms with Crippen LogP contribution in [0.5, 0.6) is 0 Å². The summed E-state index contributed by atoms with van der Waals surface area (Å²) in [5.41, 5.74) is 2.80. The van der Waals surface area contributed by atoms with Crippen molar-refractivity contribution >= 4 is 22.8 Å². The summed E-state index contributed by atoms with van der Waals surface area (Å²) < 4.78 is 27.1. The first-order chi connectivity index (χ1) is 14.3. The Morgan fingerprint density at radius 3 is 2.53 bits per heavy atom. The summed E-state index contributed by atoms with van der Waals surface area (Å²) in [6.07, 6.45) is 0.306. The van der Waals surface area contributed by atoms with Crippen molar-refractivity contribution in [1.29, 1.82) is 0 Å². The normalized spacial score (nSPS) is 18.1. The average Bonchev–Trinajstić information content (AvgIpc) is 3.22. The lowest BCUT2D eigenvalue weighted by Gasteiger charge is -2.48. The first kappa shape index (κ1) is 19.1. The van der Waals surface area contributed by atoms with Crippen molar-refractivity contribution in [2.45, 2.75) is 40.2 Å². The fourth-order valence-electron chi connectivity index (χ4n) is 4.67. The maximum Gasteiger partial charge on any atom is 0.258 e. The van der Waals surface area contributed by atoms with Crippen molar-refractivity contribution in [3.63, 3.8) is 0 Å². The Bertz CT molecular complexity index is 1090. The van der Waals surface area contributed by atoms with Crippen LogP contribution in [0.1, 0.15) is 23.6 Å². The van der Waals surface area contributed by atoms with Gasteiger partial charge in [0, 0.05) is 43.4 Å². The van der Waals surface area contributed by atoms with Crippen LogP contribution in [-0.2, 0) is 6.54 Å².